The summed E-state index contributed by atoms with van der Waals surface area (Å²) in [5.74, 6) is 0.382. The van der Waals surface area contributed by atoms with Crippen molar-refractivity contribution in [1.29, 1.82) is 0 Å². The Labute approximate surface area is 168 Å². The Balaban J connectivity index is 1.78. The first-order valence-corrected chi connectivity index (χ1v) is 9.72. The number of nitrogens with one attached hydrogen (secondary N) is 3. The van der Waals surface area contributed by atoms with E-state index in [2.05, 4.69) is 49.7 Å². The third-order valence-electron chi connectivity index (χ3n) is 4.55. The standard InChI is InChI=1S/C21H23N7O/c1-3-6-16-8-7-14(13-23-16)15-11-17-19(18(12-15)28-10-5-9-24-28)26-20(25-17)27-21(29)22-4-2/h5,7-13H,3-4,6H2,1-2H3,(H3,22,25,26,27,29). The molecule has 0 saturated heterocycles. The molecule has 0 aliphatic carbocycles. The van der Waals surface area contributed by atoms with Gasteiger partial charge < -0.3 is 10.3 Å². The molecular weight excluding hydrogens is 366 g/mol. The van der Waals surface area contributed by atoms with Gasteiger partial charge in [0.15, 0.2) is 0 Å². The van der Waals surface area contributed by atoms with Crippen LogP contribution in [0.1, 0.15) is 26.0 Å². The smallest absolute Gasteiger partial charge is 0.321 e. The lowest BCUT2D eigenvalue weighted by molar-refractivity contribution is 0.252. The molecule has 3 heterocycles. The van der Waals surface area contributed by atoms with E-state index in [1.807, 2.05) is 37.5 Å². The Morgan fingerprint density at radius 2 is 2.10 bits per heavy atom. The number of aromatic nitrogens is 5. The van der Waals surface area contributed by atoms with Gasteiger partial charge in [-0.2, -0.15) is 5.10 Å². The van der Waals surface area contributed by atoms with Gasteiger partial charge in [0.25, 0.3) is 0 Å². The second-order valence-corrected chi connectivity index (χ2v) is 6.70. The van der Waals surface area contributed by atoms with E-state index in [-0.39, 0.29) is 6.03 Å². The average Bonchev–Trinajstić information content (AvgIpc) is 3.37. The highest BCUT2D eigenvalue weighted by Gasteiger charge is 2.14. The third kappa shape index (κ3) is 3.96. The predicted octanol–water partition coefficient (Wildman–Crippen LogP) is 3.90. The number of rotatable bonds is 6. The van der Waals surface area contributed by atoms with Crippen LogP contribution in [-0.2, 0) is 6.42 Å². The number of aryl methyl sites for hydroxylation is 1. The number of H-pyrrole nitrogens is 1. The number of nitrogens with zero attached hydrogens (tertiary/aromatic N) is 4. The van der Waals surface area contributed by atoms with Gasteiger partial charge in [0.1, 0.15) is 5.52 Å². The molecule has 0 unspecified atom stereocenters. The highest BCUT2D eigenvalue weighted by Crippen LogP contribution is 2.29. The molecule has 3 aromatic heterocycles. The van der Waals surface area contributed by atoms with E-state index < -0.39 is 0 Å². The van der Waals surface area contributed by atoms with Crippen LogP contribution < -0.4 is 10.6 Å². The molecule has 3 N–H and O–H groups in total. The summed E-state index contributed by atoms with van der Waals surface area (Å²) in [5.41, 5.74) is 5.43. The van der Waals surface area contributed by atoms with E-state index in [0.717, 1.165) is 46.4 Å². The van der Waals surface area contributed by atoms with Gasteiger partial charge in [-0.05, 0) is 43.2 Å². The molecule has 0 fully saturated rings. The lowest BCUT2D eigenvalue weighted by atomic mass is 10.0. The maximum atomic E-state index is 11.9. The van der Waals surface area contributed by atoms with Crippen molar-refractivity contribution in [2.24, 2.45) is 0 Å². The predicted molar refractivity (Wildman–Crippen MR) is 113 cm³/mol. The van der Waals surface area contributed by atoms with Crippen LogP contribution >= 0.6 is 0 Å². The van der Waals surface area contributed by atoms with Gasteiger partial charge in [-0.25, -0.2) is 14.5 Å². The van der Waals surface area contributed by atoms with Crippen LogP contribution in [0.2, 0.25) is 0 Å². The number of amides is 2. The largest absolute Gasteiger partial charge is 0.338 e. The van der Waals surface area contributed by atoms with E-state index in [1.54, 1.807) is 10.9 Å². The molecule has 2 amide bonds. The molecule has 0 spiro atoms. The van der Waals surface area contributed by atoms with Crippen molar-refractivity contribution in [1.82, 2.24) is 30.0 Å². The molecule has 0 radical (unpaired) electrons. The quantitative estimate of drug-likeness (QED) is 0.465. The van der Waals surface area contributed by atoms with E-state index in [9.17, 15) is 4.79 Å². The van der Waals surface area contributed by atoms with Crippen LogP contribution in [0.5, 0.6) is 0 Å². The molecule has 0 saturated carbocycles. The van der Waals surface area contributed by atoms with Crippen molar-refractivity contribution < 1.29 is 4.79 Å². The molecule has 0 aliphatic rings. The Kier molecular flexibility index (Phi) is 5.24. The summed E-state index contributed by atoms with van der Waals surface area (Å²) >= 11 is 0. The second-order valence-electron chi connectivity index (χ2n) is 6.70. The van der Waals surface area contributed by atoms with Gasteiger partial charge in [0, 0.05) is 36.4 Å². The zero-order chi connectivity index (χ0) is 20.2. The highest BCUT2D eigenvalue weighted by molar-refractivity contribution is 5.94. The third-order valence-corrected chi connectivity index (χ3v) is 4.55. The number of anilines is 1. The Morgan fingerprint density at radius 3 is 2.79 bits per heavy atom. The second kappa shape index (κ2) is 8.14. The van der Waals surface area contributed by atoms with E-state index in [1.165, 1.54) is 0 Å². The van der Waals surface area contributed by atoms with Crippen LogP contribution in [0.25, 0.3) is 27.8 Å². The molecule has 8 heteroatoms. The number of hydrogen-bond donors (Lipinski definition) is 3. The first-order chi connectivity index (χ1) is 14.2. The number of carbonyl (C=O) groups excluding carboxylic acids is 1. The van der Waals surface area contributed by atoms with Crippen LogP contribution in [0.4, 0.5) is 10.7 Å². The highest BCUT2D eigenvalue weighted by atomic mass is 16.2. The molecule has 0 atom stereocenters. The summed E-state index contributed by atoms with van der Waals surface area (Å²) < 4.78 is 1.77. The van der Waals surface area contributed by atoms with E-state index >= 15 is 0 Å². The van der Waals surface area contributed by atoms with Gasteiger partial charge in [0.2, 0.25) is 5.95 Å². The maximum Gasteiger partial charge on any atom is 0.321 e. The normalized spacial score (nSPS) is 11.0. The molecule has 1 aromatic carbocycles. The van der Waals surface area contributed by atoms with Crippen molar-refractivity contribution in [3.8, 4) is 16.8 Å². The molecule has 148 valence electrons. The number of hydrogen-bond acceptors (Lipinski definition) is 4. The molecule has 8 nitrogen and oxygen atoms in total. The summed E-state index contributed by atoms with van der Waals surface area (Å²) in [6.45, 7) is 4.54. The number of fused-ring (bicyclic) bond motifs is 1. The summed E-state index contributed by atoms with van der Waals surface area (Å²) in [7, 11) is 0. The molecule has 4 rings (SSSR count). The zero-order valence-electron chi connectivity index (χ0n) is 16.4. The number of aromatic amines is 1. The van der Waals surface area contributed by atoms with Crippen LogP contribution in [0.3, 0.4) is 0 Å². The first kappa shape index (κ1) is 18.7. The van der Waals surface area contributed by atoms with Crippen molar-refractivity contribution in [3.63, 3.8) is 0 Å². The lowest BCUT2D eigenvalue weighted by Gasteiger charge is -2.08. The van der Waals surface area contributed by atoms with Crippen molar-refractivity contribution >= 4 is 23.0 Å². The maximum absolute atomic E-state index is 11.9. The molecular formula is C21H23N7O. The lowest BCUT2D eigenvalue weighted by Crippen LogP contribution is -2.28. The Morgan fingerprint density at radius 1 is 1.21 bits per heavy atom. The van der Waals surface area contributed by atoms with Crippen molar-refractivity contribution in [2.45, 2.75) is 26.7 Å². The van der Waals surface area contributed by atoms with Crippen molar-refractivity contribution in [3.05, 3.63) is 54.6 Å². The van der Waals surface area contributed by atoms with Crippen LogP contribution in [0, 0.1) is 0 Å². The molecule has 4 aromatic rings. The van der Waals surface area contributed by atoms with Crippen LogP contribution in [-0.4, -0.2) is 37.3 Å². The number of benzene rings is 1. The number of pyridine rings is 1. The molecule has 0 bridgehead atoms. The molecule has 29 heavy (non-hydrogen) atoms. The fourth-order valence-corrected chi connectivity index (χ4v) is 3.22. The van der Waals surface area contributed by atoms with Gasteiger partial charge >= 0.3 is 6.03 Å². The van der Waals surface area contributed by atoms with Gasteiger partial charge in [-0.3, -0.25) is 10.3 Å². The minimum atomic E-state index is -0.303. The SMILES string of the molecule is CCCc1ccc(-c2cc(-n3cccn3)c3nc(NC(=O)NCC)[nH]c3c2)cn1. The summed E-state index contributed by atoms with van der Waals surface area (Å²) in [6.07, 6.45) is 7.51. The van der Waals surface area contributed by atoms with E-state index in [0.29, 0.717) is 12.5 Å². The minimum absolute atomic E-state index is 0.303. The van der Waals surface area contributed by atoms with Crippen molar-refractivity contribution in [2.75, 3.05) is 11.9 Å². The monoisotopic (exact) mass is 389 g/mol. The zero-order valence-corrected chi connectivity index (χ0v) is 16.4. The molecule has 0 aliphatic heterocycles. The van der Waals surface area contributed by atoms with Gasteiger partial charge in [-0.15, -0.1) is 0 Å². The average molecular weight is 389 g/mol. The summed E-state index contributed by atoms with van der Waals surface area (Å²) in [6, 6.07) is 9.74. The number of carbonyl (C=O) groups is 1. The van der Waals surface area contributed by atoms with E-state index in [4.69, 9.17) is 0 Å². The fourth-order valence-electron chi connectivity index (χ4n) is 3.22. The van der Waals surface area contributed by atoms with Gasteiger partial charge in [-0.1, -0.05) is 19.4 Å². The Bertz CT molecular complexity index is 1110. The minimum Gasteiger partial charge on any atom is -0.338 e. The number of imidazole rings is 1. The number of urea groups is 1. The topological polar surface area (TPSA) is 101 Å². The summed E-state index contributed by atoms with van der Waals surface area (Å²) in [4.78, 5) is 24.2. The summed E-state index contributed by atoms with van der Waals surface area (Å²) in [5, 5.41) is 9.78. The Hall–Kier alpha value is -3.68. The fraction of sp³-hybridized carbons (Fsp3) is 0.238. The van der Waals surface area contributed by atoms with Gasteiger partial charge in [0.05, 0.1) is 11.2 Å². The first-order valence-electron chi connectivity index (χ1n) is 9.72. The van der Waals surface area contributed by atoms with Crippen LogP contribution in [0.15, 0.2) is 48.9 Å².